The van der Waals surface area contributed by atoms with Crippen molar-refractivity contribution in [2.75, 3.05) is 33.2 Å². The monoisotopic (exact) mass is 385 g/mol. The van der Waals surface area contributed by atoms with Crippen molar-refractivity contribution >= 4 is 5.91 Å². The van der Waals surface area contributed by atoms with E-state index in [4.69, 9.17) is 4.74 Å². The third-order valence-corrected chi connectivity index (χ3v) is 5.01. The Morgan fingerprint density at radius 2 is 1.79 bits per heavy atom. The number of pyridine rings is 1. The molecule has 150 valence electrons. The van der Waals surface area contributed by atoms with Crippen LogP contribution in [-0.2, 0) is 6.61 Å². The highest BCUT2D eigenvalue weighted by Crippen LogP contribution is 2.20. The van der Waals surface area contributed by atoms with Crippen molar-refractivity contribution < 1.29 is 13.9 Å². The number of ether oxygens (including phenoxy) is 1. The first-order valence-corrected chi connectivity index (χ1v) is 9.93. The topological polar surface area (TPSA) is 45.7 Å². The number of amides is 1. The Bertz CT molecular complexity index is 758. The van der Waals surface area contributed by atoms with Crippen LogP contribution in [0.1, 0.15) is 41.7 Å². The predicted octanol–water partition coefficient (Wildman–Crippen LogP) is 3.75. The van der Waals surface area contributed by atoms with Crippen molar-refractivity contribution in [1.82, 2.24) is 14.8 Å². The van der Waals surface area contributed by atoms with Crippen LogP contribution in [0.25, 0.3) is 0 Å². The van der Waals surface area contributed by atoms with Crippen LogP contribution < -0.4 is 4.74 Å². The first-order valence-electron chi connectivity index (χ1n) is 9.93. The van der Waals surface area contributed by atoms with Gasteiger partial charge in [0.15, 0.2) is 0 Å². The summed E-state index contributed by atoms with van der Waals surface area (Å²) in [5, 5.41) is 0. The van der Waals surface area contributed by atoms with Crippen molar-refractivity contribution in [3.63, 3.8) is 0 Å². The Hall–Kier alpha value is -2.47. The minimum atomic E-state index is -0.546. The number of rotatable bonds is 4. The molecular formula is C22H28FN3O2. The van der Waals surface area contributed by atoms with Gasteiger partial charge in [0.05, 0.1) is 11.3 Å². The van der Waals surface area contributed by atoms with Gasteiger partial charge in [-0.25, -0.2) is 4.39 Å². The van der Waals surface area contributed by atoms with Crippen molar-refractivity contribution in [2.24, 2.45) is 0 Å². The minimum Gasteiger partial charge on any atom is -0.487 e. The van der Waals surface area contributed by atoms with Crippen LogP contribution in [0.2, 0.25) is 0 Å². The van der Waals surface area contributed by atoms with Crippen LogP contribution >= 0.6 is 0 Å². The fraction of sp³-hybridized carbons (Fsp3) is 0.455. The number of aromatic nitrogens is 1. The van der Waals surface area contributed by atoms with E-state index in [9.17, 15) is 9.18 Å². The molecule has 2 aromatic rings. The van der Waals surface area contributed by atoms with E-state index >= 15 is 0 Å². The number of hydrogen-bond acceptors (Lipinski definition) is 4. The lowest BCUT2D eigenvalue weighted by molar-refractivity contribution is 0.0788. The highest BCUT2D eigenvalue weighted by molar-refractivity contribution is 5.94. The Morgan fingerprint density at radius 1 is 1.07 bits per heavy atom. The number of carbonyl (C=O) groups is 1. The van der Waals surface area contributed by atoms with Crippen LogP contribution in [0.5, 0.6) is 5.75 Å². The van der Waals surface area contributed by atoms with E-state index in [0.29, 0.717) is 18.8 Å². The van der Waals surface area contributed by atoms with Gasteiger partial charge in [-0.3, -0.25) is 9.78 Å². The quantitative estimate of drug-likeness (QED) is 0.804. The maximum absolute atomic E-state index is 14.1. The summed E-state index contributed by atoms with van der Waals surface area (Å²) in [7, 11) is 2.17. The fourth-order valence-electron chi connectivity index (χ4n) is 3.37. The van der Waals surface area contributed by atoms with Crippen LogP contribution in [0.15, 0.2) is 42.6 Å². The van der Waals surface area contributed by atoms with Crippen molar-refractivity contribution in [2.45, 2.75) is 32.3 Å². The Balaban J connectivity index is 0.000000320. The minimum absolute atomic E-state index is 0.104. The third kappa shape index (κ3) is 5.76. The van der Waals surface area contributed by atoms with Crippen LogP contribution in [0.3, 0.4) is 0 Å². The zero-order valence-electron chi connectivity index (χ0n) is 16.4. The second kappa shape index (κ2) is 10.2. The number of carbonyl (C=O) groups excluding carboxylic acids is 1. The molecule has 5 nitrogen and oxygen atoms in total. The highest BCUT2D eigenvalue weighted by Gasteiger charge is 2.22. The Kier molecular flexibility index (Phi) is 7.37. The van der Waals surface area contributed by atoms with Gasteiger partial charge in [-0.1, -0.05) is 6.07 Å². The van der Waals surface area contributed by atoms with Gasteiger partial charge in [0.1, 0.15) is 18.2 Å². The molecule has 0 N–H and O–H groups in total. The largest absolute Gasteiger partial charge is 0.487 e. The molecule has 6 heteroatoms. The molecule has 2 saturated heterocycles. The molecule has 3 heterocycles. The van der Waals surface area contributed by atoms with Gasteiger partial charge < -0.3 is 14.5 Å². The Morgan fingerprint density at radius 3 is 2.36 bits per heavy atom. The molecule has 0 spiro atoms. The second-order valence-electron chi connectivity index (χ2n) is 7.26. The van der Waals surface area contributed by atoms with Gasteiger partial charge in [0.2, 0.25) is 0 Å². The summed E-state index contributed by atoms with van der Waals surface area (Å²) in [6.07, 6.45) is 6.47. The summed E-state index contributed by atoms with van der Waals surface area (Å²) in [4.78, 5) is 20.4. The molecule has 0 radical (unpaired) electrons. The molecule has 0 aliphatic carbocycles. The molecule has 0 bridgehead atoms. The summed E-state index contributed by atoms with van der Waals surface area (Å²) < 4.78 is 19.6. The normalized spacial score (nSPS) is 16.6. The second-order valence-corrected chi connectivity index (χ2v) is 7.26. The molecule has 0 saturated carbocycles. The van der Waals surface area contributed by atoms with E-state index in [1.54, 1.807) is 17.2 Å². The Labute approximate surface area is 166 Å². The number of likely N-dealkylation sites (tertiary alicyclic amines) is 2. The van der Waals surface area contributed by atoms with Gasteiger partial charge in [0.25, 0.3) is 5.91 Å². The van der Waals surface area contributed by atoms with Crippen LogP contribution in [-0.4, -0.2) is 53.9 Å². The SMILES string of the molecule is CN1CCCC1.O=C(c1ccc(OCc2ccccn2)cc1F)N1CCCC1. The fourth-order valence-corrected chi connectivity index (χ4v) is 3.37. The van der Waals surface area contributed by atoms with Crippen molar-refractivity contribution in [3.8, 4) is 5.75 Å². The lowest BCUT2D eigenvalue weighted by atomic mass is 10.2. The maximum atomic E-state index is 14.1. The third-order valence-electron chi connectivity index (χ3n) is 5.01. The first-order chi connectivity index (χ1) is 13.6. The standard InChI is InChI=1S/C17H17FN2O2.C5H11N/c18-16-11-14(22-12-13-5-1-2-8-19-13)6-7-15(16)17(21)20-9-3-4-10-20;1-6-4-2-3-5-6/h1-2,5-8,11H,3-4,9-10,12H2;2-5H2,1H3. The van der Waals surface area contributed by atoms with Crippen molar-refractivity contribution in [1.29, 1.82) is 0 Å². The molecule has 0 atom stereocenters. The van der Waals surface area contributed by atoms with E-state index in [1.807, 2.05) is 18.2 Å². The van der Waals surface area contributed by atoms with Gasteiger partial charge in [-0.05, 0) is 70.1 Å². The van der Waals surface area contributed by atoms with E-state index in [2.05, 4.69) is 16.9 Å². The molecule has 2 aliphatic heterocycles. The number of hydrogen-bond donors (Lipinski definition) is 0. The van der Waals surface area contributed by atoms with Gasteiger partial charge in [-0.2, -0.15) is 0 Å². The first kappa shape index (κ1) is 20.3. The summed E-state index contributed by atoms with van der Waals surface area (Å²) in [5.41, 5.74) is 0.868. The number of halogens is 1. The molecule has 1 amide bonds. The molecule has 2 fully saturated rings. The molecule has 1 aromatic heterocycles. The summed E-state index contributed by atoms with van der Waals surface area (Å²) in [5.74, 6) is -0.400. The average Bonchev–Trinajstić information content (AvgIpc) is 3.41. The van der Waals surface area contributed by atoms with Crippen LogP contribution in [0, 0.1) is 5.82 Å². The van der Waals surface area contributed by atoms with Crippen LogP contribution in [0.4, 0.5) is 4.39 Å². The summed E-state index contributed by atoms with van der Waals surface area (Å²) in [6, 6.07) is 9.89. The highest BCUT2D eigenvalue weighted by atomic mass is 19.1. The van der Waals surface area contributed by atoms with Gasteiger partial charge in [-0.15, -0.1) is 0 Å². The van der Waals surface area contributed by atoms with Crippen molar-refractivity contribution in [3.05, 3.63) is 59.7 Å². The molecule has 2 aliphatic rings. The molecule has 28 heavy (non-hydrogen) atoms. The summed E-state index contributed by atoms with van der Waals surface area (Å²) >= 11 is 0. The zero-order valence-corrected chi connectivity index (χ0v) is 16.4. The van der Waals surface area contributed by atoms with E-state index < -0.39 is 5.82 Å². The maximum Gasteiger partial charge on any atom is 0.256 e. The molecule has 0 unspecified atom stereocenters. The zero-order chi connectivity index (χ0) is 19.8. The lowest BCUT2D eigenvalue weighted by Crippen LogP contribution is -2.28. The molecular weight excluding hydrogens is 357 g/mol. The number of nitrogens with zero attached hydrogens (tertiary/aromatic N) is 3. The smallest absolute Gasteiger partial charge is 0.256 e. The number of benzene rings is 1. The average molecular weight is 385 g/mol. The van der Waals surface area contributed by atoms with Gasteiger partial charge in [0, 0.05) is 25.4 Å². The van der Waals surface area contributed by atoms with E-state index in [0.717, 1.165) is 18.5 Å². The lowest BCUT2D eigenvalue weighted by Gasteiger charge is -2.16. The molecule has 1 aromatic carbocycles. The summed E-state index contributed by atoms with van der Waals surface area (Å²) in [6.45, 7) is 4.31. The molecule has 4 rings (SSSR count). The predicted molar refractivity (Wildman–Crippen MR) is 107 cm³/mol. The van der Waals surface area contributed by atoms with E-state index in [-0.39, 0.29) is 18.1 Å². The van der Waals surface area contributed by atoms with E-state index in [1.165, 1.54) is 38.1 Å². The van der Waals surface area contributed by atoms with Gasteiger partial charge >= 0.3 is 0 Å².